The molecule has 5 heteroatoms. The van der Waals surface area contributed by atoms with Crippen molar-refractivity contribution in [1.29, 1.82) is 0 Å². The fourth-order valence-electron chi connectivity index (χ4n) is 4.83. The van der Waals surface area contributed by atoms with E-state index in [9.17, 15) is 4.79 Å². The van der Waals surface area contributed by atoms with Gasteiger partial charge in [0.2, 0.25) is 0 Å². The summed E-state index contributed by atoms with van der Waals surface area (Å²) in [5, 5.41) is 4.66. The molecule has 1 aliphatic rings. The number of likely N-dealkylation sites (tertiary alicyclic amines) is 1. The number of aromatic nitrogens is 2. The number of amides is 1. The van der Waals surface area contributed by atoms with Crippen LogP contribution in [0.25, 0.3) is 10.9 Å². The van der Waals surface area contributed by atoms with Gasteiger partial charge in [0.05, 0.1) is 5.52 Å². The van der Waals surface area contributed by atoms with Crippen molar-refractivity contribution >= 4 is 22.5 Å². The summed E-state index contributed by atoms with van der Waals surface area (Å²) in [5.41, 5.74) is 6.39. The Morgan fingerprint density at radius 1 is 1.03 bits per heavy atom. The first kappa shape index (κ1) is 22.1. The molecule has 2 aromatic heterocycles. The molecule has 0 unspecified atom stereocenters. The van der Waals surface area contributed by atoms with Crippen molar-refractivity contribution in [3.8, 4) is 0 Å². The summed E-state index contributed by atoms with van der Waals surface area (Å²) in [4.78, 5) is 23.9. The highest BCUT2D eigenvalue weighted by Gasteiger charge is 2.25. The van der Waals surface area contributed by atoms with Gasteiger partial charge in [-0.2, -0.15) is 0 Å². The van der Waals surface area contributed by atoms with Crippen LogP contribution < -0.4 is 5.32 Å². The molecule has 1 N–H and O–H groups in total. The van der Waals surface area contributed by atoms with E-state index in [1.807, 2.05) is 47.5 Å². The topological polar surface area (TPSA) is 58.1 Å². The fraction of sp³-hybridized carbons (Fsp3) is 0.276. The molecular weight excluding hydrogens is 420 g/mol. The van der Waals surface area contributed by atoms with Crippen molar-refractivity contribution in [3.05, 3.63) is 102 Å². The minimum Gasteiger partial charge on any atom is -0.381 e. The predicted octanol–water partition coefficient (Wildman–Crippen LogP) is 5.65. The maximum atomic E-state index is 13.4. The molecule has 0 bridgehead atoms. The van der Waals surface area contributed by atoms with Gasteiger partial charge in [-0.1, -0.05) is 18.2 Å². The van der Waals surface area contributed by atoms with E-state index >= 15 is 0 Å². The van der Waals surface area contributed by atoms with E-state index in [2.05, 4.69) is 46.5 Å². The SMILES string of the molecule is Cc1ccc(C(=O)N2CCC[C@H](Cc3ccc4ncccc4c3)C2)cc1NCc1ccncc1. The summed E-state index contributed by atoms with van der Waals surface area (Å²) in [6, 6.07) is 20.6. The van der Waals surface area contributed by atoms with E-state index in [-0.39, 0.29) is 5.91 Å². The summed E-state index contributed by atoms with van der Waals surface area (Å²) >= 11 is 0. The number of aryl methyl sites for hydroxylation is 1. The van der Waals surface area contributed by atoms with Crippen molar-refractivity contribution < 1.29 is 4.79 Å². The van der Waals surface area contributed by atoms with Crippen molar-refractivity contribution in [2.45, 2.75) is 32.7 Å². The molecule has 0 aliphatic carbocycles. The van der Waals surface area contributed by atoms with Gasteiger partial charge in [0.15, 0.2) is 0 Å². The lowest BCUT2D eigenvalue weighted by Crippen LogP contribution is -2.40. The molecule has 1 saturated heterocycles. The molecule has 34 heavy (non-hydrogen) atoms. The number of nitrogens with one attached hydrogen (secondary N) is 1. The minimum atomic E-state index is 0.124. The number of rotatable bonds is 6. The Morgan fingerprint density at radius 2 is 1.91 bits per heavy atom. The number of nitrogens with zero attached hydrogens (tertiary/aromatic N) is 3. The number of carbonyl (C=O) groups is 1. The lowest BCUT2D eigenvalue weighted by molar-refractivity contribution is 0.0673. The Labute approximate surface area is 200 Å². The Kier molecular flexibility index (Phi) is 6.52. The number of carbonyl (C=O) groups excluding carboxylic acids is 1. The van der Waals surface area contributed by atoms with Crippen LogP contribution in [0.1, 0.15) is 39.9 Å². The van der Waals surface area contributed by atoms with E-state index in [1.54, 1.807) is 12.4 Å². The van der Waals surface area contributed by atoms with Gasteiger partial charge in [0, 0.05) is 54.9 Å². The van der Waals surface area contributed by atoms with E-state index in [4.69, 9.17) is 0 Å². The number of benzene rings is 2. The first-order valence-electron chi connectivity index (χ1n) is 12.0. The van der Waals surface area contributed by atoms with E-state index < -0.39 is 0 Å². The molecule has 1 aliphatic heterocycles. The number of pyridine rings is 2. The van der Waals surface area contributed by atoms with Crippen molar-refractivity contribution in [3.63, 3.8) is 0 Å². The number of piperidine rings is 1. The summed E-state index contributed by atoms with van der Waals surface area (Å²) < 4.78 is 0. The second-order valence-electron chi connectivity index (χ2n) is 9.23. The number of fused-ring (bicyclic) bond motifs is 1. The molecule has 172 valence electrons. The zero-order valence-electron chi connectivity index (χ0n) is 19.6. The maximum absolute atomic E-state index is 13.4. The number of hydrogen-bond acceptors (Lipinski definition) is 4. The molecule has 1 amide bonds. The van der Waals surface area contributed by atoms with Crippen molar-refractivity contribution in [2.24, 2.45) is 5.92 Å². The standard InChI is InChI=1S/C29H30N4O/c1-21-6-8-26(18-28(21)32-19-22-10-13-30-14-11-22)29(34)33-15-3-4-24(20-33)16-23-7-9-27-25(17-23)5-2-12-31-27/h2,5-14,17-18,24,32H,3-4,15-16,19-20H2,1H3/t24-/m1/s1. The van der Waals surface area contributed by atoms with Crippen LogP contribution in [-0.2, 0) is 13.0 Å². The van der Waals surface area contributed by atoms with Crippen LogP contribution in [0.3, 0.4) is 0 Å². The molecule has 2 aromatic carbocycles. The monoisotopic (exact) mass is 450 g/mol. The van der Waals surface area contributed by atoms with Gasteiger partial charge in [-0.15, -0.1) is 0 Å². The molecule has 3 heterocycles. The summed E-state index contributed by atoms with van der Waals surface area (Å²) in [7, 11) is 0. The van der Waals surface area contributed by atoms with E-state index in [0.717, 1.165) is 60.2 Å². The molecule has 0 spiro atoms. The van der Waals surface area contributed by atoms with Gasteiger partial charge in [-0.05, 0) is 91.3 Å². The number of anilines is 1. The fourth-order valence-corrected chi connectivity index (χ4v) is 4.83. The third kappa shape index (κ3) is 5.09. The molecule has 0 radical (unpaired) electrons. The van der Waals surface area contributed by atoms with Gasteiger partial charge in [0.25, 0.3) is 5.91 Å². The highest BCUT2D eigenvalue weighted by Crippen LogP contribution is 2.25. The van der Waals surface area contributed by atoms with Gasteiger partial charge >= 0.3 is 0 Å². The van der Waals surface area contributed by atoms with E-state index in [0.29, 0.717) is 12.5 Å². The summed E-state index contributed by atoms with van der Waals surface area (Å²) in [6.45, 7) is 4.40. The Balaban J connectivity index is 1.25. The third-order valence-corrected chi connectivity index (χ3v) is 6.71. The Hall–Kier alpha value is -3.73. The quantitative estimate of drug-likeness (QED) is 0.413. The first-order chi connectivity index (χ1) is 16.7. The molecule has 0 saturated carbocycles. The average molecular weight is 451 g/mol. The molecule has 1 fully saturated rings. The second kappa shape index (κ2) is 10.0. The van der Waals surface area contributed by atoms with Gasteiger partial charge in [-0.25, -0.2) is 0 Å². The lowest BCUT2D eigenvalue weighted by Gasteiger charge is -2.33. The first-order valence-corrected chi connectivity index (χ1v) is 12.0. The molecule has 5 nitrogen and oxygen atoms in total. The van der Waals surface area contributed by atoms with Gasteiger partial charge in [0.1, 0.15) is 0 Å². The third-order valence-electron chi connectivity index (χ3n) is 6.71. The van der Waals surface area contributed by atoms with Crippen molar-refractivity contribution in [1.82, 2.24) is 14.9 Å². The van der Waals surface area contributed by atoms with Gasteiger partial charge in [-0.3, -0.25) is 14.8 Å². The normalized spacial score (nSPS) is 15.9. The summed E-state index contributed by atoms with van der Waals surface area (Å²) in [5.74, 6) is 0.598. The van der Waals surface area contributed by atoms with Gasteiger partial charge < -0.3 is 10.2 Å². The Bertz CT molecular complexity index is 1290. The second-order valence-corrected chi connectivity index (χ2v) is 9.23. The number of hydrogen-bond donors (Lipinski definition) is 1. The Morgan fingerprint density at radius 3 is 2.79 bits per heavy atom. The zero-order chi connectivity index (χ0) is 23.3. The summed E-state index contributed by atoms with van der Waals surface area (Å²) in [6.07, 6.45) is 8.61. The highest BCUT2D eigenvalue weighted by atomic mass is 16.2. The molecular formula is C29H30N4O. The predicted molar refractivity (Wildman–Crippen MR) is 137 cm³/mol. The highest BCUT2D eigenvalue weighted by molar-refractivity contribution is 5.95. The van der Waals surface area contributed by atoms with Crippen LogP contribution in [0, 0.1) is 12.8 Å². The van der Waals surface area contributed by atoms with Crippen LogP contribution in [-0.4, -0.2) is 33.9 Å². The largest absolute Gasteiger partial charge is 0.381 e. The zero-order valence-corrected chi connectivity index (χ0v) is 19.6. The van der Waals surface area contributed by atoms with Crippen LogP contribution >= 0.6 is 0 Å². The lowest BCUT2D eigenvalue weighted by atomic mass is 9.90. The molecule has 4 aromatic rings. The molecule has 5 rings (SSSR count). The average Bonchev–Trinajstić information content (AvgIpc) is 2.88. The smallest absolute Gasteiger partial charge is 0.253 e. The minimum absolute atomic E-state index is 0.124. The maximum Gasteiger partial charge on any atom is 0.253 e. The van der Waals surface area contributed by atoms with E-state index in [1.165, 1.54) is 10.9 Å². The van der Waals surface area contributed by atoms with Crippen molar-refractivity contribution in [2.75, 3.05) is 18.4 Å². The van der Waals surface area contributed by atoms with Crippen LogP contribution in [0.2, 0.25) is 0 Å². The van der Waals surface area contributed by atoms with Crippen LogP contribution in [0.5, 0.6) is 0 Å². The van der Waals surface area contributed by atoms with Crippen LogP contribution in [0.15, 0.2) is 79.3 Å². The molecule has 1 atom stereocenters. The van der Waals surface area contributed by atoms with Crippen LogP contribution in [0.4, 0.5) is 5.69 Å².